The second kappa shape index (κ2) is 20.2. The minimum absolute atomic E-state index is 0. The van der Waals surface area contributed by atoms with Crippen molar-refractivity contribution in [3.05, 3.63) is 119 Å². The van der Waals surface area contributed by atoms with Crippen molar-refractivity contribution >= 4 is 28.6 Å². The summed E-state index contributed by atoms with van der Waals surface area (Å²) in [5.41, 5.74) is 9.29. The molecule has 6 rings (SSSR count). The molecule has 4 aromatic rings. The van der Waals surface area contributed by atoms with Gasteiger partial charge in [-0.25, -0.2) is 18.0 Å². The number of amides is 2. The molecule has 0 aromatic heterocycles. The Bertz CT molecular complexity index is 1780. The summed E-state index contributed by atoms with van der Waals surface area (Å²) in [6.45, 7) is 2.00. The number of fused-ring (bicyclic) bond motifs is 6. The van der Waals surface area contributed by atoms with E-state index in [-0.39, 0.29) is 83.0 Å². The Morgan fingerprint density at radius 3 is 1.25 bits per heavy atom. The molecule has 0 unspecified atom stereocenters. The average Bonchev–Trinajstić information content (AvgIpc) is 3.61. The molecule has 0 saturated carbocycles. The van der Waals surface area contributed by atoms with E-state index in [0.29, 0.717) is 39.0 Å². The van der Waals surface area contributed by atoms with Gasteiger partial charge in [-0.1, -0.05) is 97.1 Å². The van der Waals surface area contributed by atoms with Crippen LogP contribution in [0.15, 0.2) is 97.1 Å². The van der Waals surface area contributed by atoms with Crippen LogP contribution in [0.3, 0.4) is 0 Å². The zero-order valence-corrected chi connectivity index (χ0v) is 33.2. The zero-order chi connectivity index (χ0) is 37.1. The fourth-order valence-electron chi connectivity index (χ4n) is 6.75. The van der Waals surface area contributed by atoms with Gasteiger partial charge in [-0.3, -0.25) is 14.2 Å². The third-order valence-corrected chi connectivity index (χ3v) is 8.89. The number of alkyl carbamates (subject to hydrolysis) is 2. The molecule has 0 radical (unpaired) electrons. The first-order chi connectivity index (χ1) is 25.0. The molecule has 274 valence electrons. The molecular formula is C38H40KN3O10S. The minimum Gasteiger partial charge on any atom is -0.726 e. The van der Waals surface area contributed by atoms with Crippen molar-refractivity contribution in [2.24, 2.45) is 0 Å². The Morgan fingerprint density at radius 1 is 0.642 bits per heavy atom. The number of nitrogens with one attached hydrogen (secondary N) is 2. The van der Waals surface area contributed by atoms with E-state index in [2.05, 4.69) is 59.2 Å². The van der Waals surface area contributed by atoms with Crippen LogP contribution in [0, 0.1) is 0 Å². The number of hydrogen-bond donors (Lipinski definition) is 4. The summed E-state index contributed by atoms with van der Waals surface area (Å²) in [6.07, 6.45) is 0.113. The maximum atomic E-state index is 12.5. The van der Waals surface area contributed by atoms with Crippen LogP contribution in [-0.2, 0) is 24.7 Å². The summed E-state index contributed by atoms with van der Waals surface area (Å²) in [5.74, 6) is -0.957. The fraction of sp³-hybridized carbons (Fsp3) is 0.289. The molecule has 4 N–H and O–H groups in total. The summed E-state index contributed by atoms with van der Waals surface area (Å²) in [7, 11) is -4.92. The molecule has 53 heavy (non-hydrogen) atoms. The topological polar surface area (TPSA) is 195 Å². The maximum absolute atomic E-state index is 12.5. The standard InChI is InChI=1S/C38H39N3O6.K.H2O4S/c42-36(43)23-41(21-9-19-39-37(44)46-24-34-30-15-5-1-11-26(30)27-12-2-6-16-31(27)34)22-10-20-40-38(45)47-25-35-32-17-7-3-13-28(32)29-14-4-8-18-33(29)35;;1-5(2,3)4/h1-8,11-18,34-35H,9-10,19-25H2,(H,39,44)(H,40,45)(H,42,43);;(H2,1,2,3,4)/q;+1;/p-1. The number of hydrogen-bond acceptors (Lipinski definition) is 9. The summed E-state index contributed by atoms with van der Waals surface area (Å²) in [4.78, 5) is 38.2. The summed E-state index contributed by atoms with van der Waals surface area (Å²) >= 11 is 0. The number of carbonyl (C=O) groups excluding carboxylic acids is 2. The fourth-order valence-corrected chi connectivity index (χ4v) is 6.75. The number of carbonyl (C=O) groups is 3. The van der Waals surface area contributed by atoms with Crippen LogP contribution >= 0.6 is 0 Å². The van der Waals surface area contributed by atoms with Gasteiger partial charge in [-0.15, -0.1) is 0 Å². The van der Waals surface area contributed by atoms with Crippen molar-refractivity contribution in [1.82, 2.24) is 15.5 Å². The first-order valence-corrected chi connectivity index (χ1v) is 18.2. The molecule has 13 nitrogen and oxygen atoms in total. The Hall–Kier alpha value is -3.64. The summed E-state index contributed by atoms with van der Waals surface area (Å²) < 4.78 is 44.0. The van der Waals surface area contributed by atoms with Crippen molar-refractivity contribution in [3.63, 3.8) is 0 Å². The van der Waals surface area contributed by atoms with Crippen molar-refractivity contribution in [1.29, 1.82) is 0 Å². The number of carboxylic acid groups (broad SMARTS) is 1. The van der Waals surface area contributed by atoms with Gasteiger partial charge in [0.15, 0.2) is 0 Å². The van der Waals surface area contributed by atoms with E-state index in [1.807, 2.05) is 48.5 Å². The van der Waals surface area contributed by atoms with E-state index in [0.717, 1.165) is 22.3 Å². The number of ether oxygens (including phenoxy) is 2. The van der Waals surface area contributed by atoms with E-state index in [1.54, 1.807) is 4.90 Å². The Morgan fingerprint density at radius 2 is 0.943 bits per heavy atom. The molecule has 0 atom stereocenters. The molecule has 0 heterocycles. The largest absolute Gasteiger partial charge is 1.00 e. The van der Waals surface area contributed by atoms with Gasteiger partial charge in [0.25, 0.3) is 0 Å². The van der Waals surface area contributed by atoms with Crippen LogP contribution in [-0.4, -0.2) is 91.6 Å². The van der Waals surface area contributed by atoms with Gasteiger partial charge in [0.05, 0.1) is 6.54 Å². The number of aliphatic carboxylic acids is 1. The van der Waals surface area contributed by atoms with E-state index in [1.165, 1.54) is 22.3 Å². The van der Waals surface area contributed by atoms with E-state index < -0.39 is 28.6 Å². The molecule has 0 bridgehead atoms. The second-order valence-corrected chi connectivity index (χ2v) is 13.2. The van der Waals surface area contributed by atoms with Gasteiger partial charge < -0.3 is 29.8 Å². The smallest absolute Gasteiger partial charge is 0.726 e. The van der Waals surface area contributed by atoms with Gasteiger partial charge in [0.2, 0.25) is 10.4 Å². The predicted molar refractivity (Wildman–Crippen MR) is 192 cm³/mol. The SMILES string of the molecule is O=C(O)CN(CCCNC(=O)OCC1c2ccccc2-c2ccccc21)CCCNC(=O)OCC1c2ccccc2-c2ccccc21.O=S(=O)([O-])O.[K+]. The van der Waals surface area contributed by atoms with Crippen molar-refractivity contribution in [3.8, 4) is 22.3 Å². The van der Waals surface area contributed by atoms with Gasteiger partial charge in [0, 0.05) is 38.0 Å². The van der Waals surface area contributed by atoms with Crippen LogP contribution in [0.5, 0.6) is 0 Å². The van der Waals surface area contributed by atoms with Crippen LogP contribution in [0.1, 0.15) is 46.9 Å². The monoisotopic (exact) mass is 769 g/mol. The molecule has 2 aliphatic rings. The molecule has 2 aliphatic carbocycles. The minimum atomic E-state index is -4.92. The van der Waals surface area contributed by atoms with E-state index in [9.17, 15) is 19.5 Å². The van der Waals surface area contributed by atoms with Crippen LogP contribution < -0.4 is 62.0 Å². The first kappa shape index (κ1) is 42.1. The predicted octanol–water partition coefficient (Wildman–Crippen LogP) is 2.24. The number of carboxylic acids is 1. The molecule has 0 spiro atoms. The van der Waals surface area contributed by atoms with Crippen molar-refractivity contribution < 1.29 is 97.9 Å². The maximum Gasteiger partial charge on any atom is 1.00 e. The summed E-state index contributed by atoms with van der Waals surface area (Å²) in [5, 5.41) is 15.0. The molecule has 0 aliphatic heterocycles. The Kier molecular flexibility index (Phi) is 16.0. The van der Waals surface area contributed by atoms with Crippen LogP contribution in [0.4, 0.5) is 9.59 Å². The van der Waals surface area contributed by atoms with Gasteiger partial charge in [0.1, 0.15) is 13.2 Å². The normalized spacial score (nSPS) is 12.6. The molecule has 15 heteroatoms. The number of rotatable bonds is 14. The zero-order valence-electron chi connectivity index (χ0n) is 29.3. The third-order valence-electron chi connectivity index (χ3n) is 8.89. The second-order valence-electron chi connectivity index (χ2n) is 12.3. The van der Waals surface area contributed by atoms with Gasteiger partial charge in [-0.2, -0.15) is 0 Å². The Balaban J connectivity index is 0.000000980. The van der Waals surface area contributed by atoms with Crippen molar-refractivity contribution in [2.45, 2.75) is 24.7 Å². The van der Waals surface area contributed by atoms with Crippen LogP contribution in [0.25, 0.3) is 22.3 Å². The van der Waals surface area contributed by atoms with Gasteiger partial charge >= 0.3 is 69.5 Å². The number of benzene rings is 4. The molecular weight excluding hydrogens is 730 g/mol. The number of nitrogens with zero attached hydrogens (tertiary/aromatic N) is 1. The molecule has 2 amide bonds. The third kappa shape index (κ3) is 12.2. The van der Waals surface area contributed by atoms with E-state index in [4.69, 9.17) is 27.0 Å². The van der Waals surface area contributed by atoms with Crippen molar-refractivity contribution in [2.75, 3.05) is 45.9 Å². The molecule has 4 aromatic carbocycles. The van der Waals surface area contributed by atoms with Gasteiger partial charge in [-0.05, 0) is 57.3 Å². The Labute approximate surface area is 351 Å². The average molecular weight is 770 g/mol. The quantitative estimate of drug-likeness (QED) is 0.0636. The summed E-state index contributed by atoms with van der Waals surface area (Å²) in [6, 6.07) is 32.7. The molecule has 0 saturated heterocycles. The molecule has 0 fully saturated rings. The van der Waals surface area contributed by atoms with E-state index >= 15 is 0 Å². The first-order valence-electron chi connectivity index (χ1n) is 16.8. The van der Waals surface area contributed by atoms with Crippen LogP contribution in [0.2, 0.25) is 0 Å².